The van der Waals surface area contributed by atoms with Crippen LogP contribution >= 0.6 is 12.2 Å². The summed E-state index contributed by atoms with van der Waals surface area (Å²) in [5.74, 6) is -0.166. The maximum absolute atomic E-state index is 13.9. The predicted octanol–water partition coefficient (Wildman–Crippen LogP) is 3.41. The fourth-order valence-electron chi connectivity index (χ4n) is 3.78. The Morgan fingerprint density at radius 1 is 0.964 bits per heavy atom. The molecule has 1 saturated heterocycles. The third kappa shape index (κ3) is 3.86. The van der Waals surface area contributed by atoms with Gasteiger partial charge in [-0.3, -0.25) is 14.3 Å². The van der Waals surface area contributed by atoms with E-state index in [0.717, 1.165) is 44.7 Å². The Bertz CT molecular complexity index is 1090. The van der Waals surface area contributed by atoms with Gasteiger partial charge in [0.1, 0.15) is 5.82 Å². The van der Waals surface area contributed by atoms with Crippen LogP contribution in [0.15, 0.2) is 53.3 Å². The van der Waals surface area contributed by atoms with Crippen molar-refractivity contribution >= 4 is 28.8 Å². The molecule has 0 atom stereocenters. The first-order valence-electron chi connectivity index (χ1n) is 9.57. The van der Waals surface area contributed by atoms with Crippen LogP contribution in [-0.2, 0) is 6.54 Å². The predicted molar refractivity (Wildman–Crippen MR) is 113 cm³/mol. The first kappa shape index (κ1) is 18.8. The molecule has 0 spiro atoms. The molecule has 0 amide bonds. The summed E-state index contributed by atoms with van der Waals surface area (Å²) in [5, 5.41) is 0.662. The number of aromatic nitrogens is 2. The number of piperazine rings is 1. The number of nitrogens with one attached hydrogen (secondary N) is 1. The Balaban J connectivity index is 1.34. The molecular formula is C21H23FN4OS. The Hall–Kier alpha value is -2.51. The second-order valence-corrected chi connectivity index (χ2v) is 7.45. The van der Waals surface area contributed by atoms with E-state index < -0.39 is 0 Å². The van der Waals surface area contributed by atoms with Crippen molar-refractivity contribution in [2.24, 2.45) is 0 Å². The Morgan fingerprint density at radius 2 is 1.68 bits per heavy atom. The van der Waals surface area contributed by atoms with E-state index in [1.54, 1.807) is 10.6 Å². The number of para-hydroxylation sites is 2. The van der Waals surface area contributed by atoms with Crippen molar-refractivity contribution in [3.63, 3.8) is 0 Å². The molecule has 146 valence electrons. The summed E-state index contributed by atoms with van der Waals surface area (Å²) in [6.45, 7) is 4.85. The molecule has 28 heavy (non-hydrogen) atoms. The average molecular weight is 399 g/mol. The molecule has 0 radical (unpaired) electrons. The highest BCUT2D eigenvalue weighted by Crippen LogP contribution is 2.20. The minimum absolute atomic E-state index is 0.0382. The lowest BCUT2D eigenvalue weighted by Crippen LogP contribution is -2.47. The van der Waals surface area contributed by atoms with Crippen LogP contribution in [0.5, 0.6) is 0 Å². The molecule has 0 saturated carbocycles. The molecule has 1 aliphatic rings. The van der Waals surface area contributed by atoms with Gasteiger partial charge in [-0.25, -0.2) is 4.39 Å². The lowest BCUT2D eigenvalue weighted by atomic mass is 10.2. The van der Waals surface area contributed by atoms with Crippen molar-refractivity contribution in [2.75, 3.05) is 37.6 Å². The van der Waals surface area contributed by atoms with E-state index in [-0.39, 0.29) is 11.4 Å². The van der Waals surface area contributed by atoms with Crippen molar-refractivity contribution in [1.82, 2.24) is 14.5 Å². The topological polar surface area (TPSA) is 44.3 Å². The van der Waals surface area contributed by atoms with Gasteiger partial charge in [-0.15, -0.1) is 0 Å². The Kier molecular flexibility index (Phi) is 5.54. The molecule has 0 unspecified atom stereocenters. The summed E-state index contributed by atoms with van der Waals surface area (Å²) in [6.07, 6.45) is 0.843. The van der Waals surface area contributed by atoms with E-state index in [9.17, 15) is 9.18 Å². The van der Waals surface area contributed by atoms with Crippen LogP contribution < -0.4 is 10.5 Å². The van der Waals surface area contributed by atoms with E-state index in [2.05, 4.69) is 14.8 Å². The molecule has 4 rings (SSSR count). The standard InChI is InChI=1S/C21H23FN4OS/c22-17-7-2-4-9-19(17)25-14-12-24(13-15-25)10-5-11-26-20(27)16-6-1-3-8-18(16)23-21(26)28/h1-4,6-9H,5,10-15H2,(H,23,28). The highest BCUT2D eigenvalue weighted by atomic mass is 32.1. The first-order chi connectivity index (χ1) is 13.6. The molecule has 0 bridgehead atoms. The second-order valence-electron chi connectivity index (χ2n) is 7.07. The zero-order valence-corrected chi connectivity index (χ0v) is 16.4. The van der Waals surface area contributed by atoms with Gasteiger partial charge >= 0.3 is 0 Å². The van der Waals surface area contributed by atoms with Gasteiger partial charge in [0.2, 0.25) is 0 Å². The van der Waals surface area contributed by atoms with Crippen LogP contribution in [0.1, 0.15) is 6.42 Å². The quantitative estimate of drug-likeness (QED) is 0.669. The highest BCUT2D eigenvalue weighted by molar-refractivity contribution is 7.71. The molecule has 1 N–H and O–H groups in total. The number of hydrogen-bond donors (Lipinski definition) is 1. The molecule has 2 aromatic carbocycles. The van der Waals surface area contributed by atoms with Crippen LogP contribution in [0.3, 0.4) is 0 Å². The van der Waals surface area contributed by atoms with Crippen LogP contribution in [-0.4, -0.2) is 47.2 Å². The van der Waals surface area contributed by atoms with E-state index in [1.807, 2.05) is 36.4 Å². The maximum Gasteiger partial charge on any atom is 0.262 e. The number of aromatic amines is 1. The third-order valence-electron chi connectivity index (χ3n) is 5.31. The lowest BCUT2D eigenvalue weighted by Gasteiger charge is -2.36. The molecule has 1 fully saturated rings. The third-order valence-corrected chi connectivity index (χ3v) is 5.63. The first-order valence-corrected chi connectivity index (χ1v) is 9.98. The molecule has 1 aliphatic heterocycles. The molecular weight excluding hydrogens is 375 g/mol. The number of benzene rings is 2. The summed E-state index contributed by atoms with van der Waals surface area (Å²) in [7, 11) is 0. The number of H-pyrrole nitrogens is 1. The van der Waals surface area contributed by atoms with Crippen molar-refractivity contribution in [3.8, 4) is 0 Å². The maximum atomic E-state index is 13.9. The Morgan fingerprint density at radius 3 is 2.46 bits per heavy atom. The average Bonchev–Trinajstić information content (AvgIpc) is 2.71. The van der Waals surface area contributed by atoms with Crippen LogP contribution in [0.4, 0.5) is 10.1 Å². The van der Waals surface area contributed by atoms with Gasteiger partial charge in [0.05, 0.1) is 16.6 Å². The SMILES string of the molecule is O=c1c2ccccc2[nH]c(=S)n1CCCN1CCN(c2ccccc2F)CC1. The number of fused-ring (bicyclic) bond motifs is 1. The highest BCUT2D eigenvalue weighted by Gasteiger charge is 2.19. The zero-order valence-electron chi connectivity index (χ0n) is 15.6. The zero-order chi connectivity index (χ0) is 19.5. The number of anilines is 1. The van der Waals surface area contributed by atoms with Crippen LogP contribution in [0.2, 0.25) is 0 Å². The van der Waals surface area contributed by atoms with Gasteiger partial charge in [-0.05, 0) is 49.4 Å². The van der Waals surface area contributed by atoms with Gasteiger partial charge in [0.25, 0.3) is 5.56 Å². The summed E-state index contributed by atoms with van der Waals surface area (Å²) in [5.41, 5.74) is 1.41. The normalized spacial score (nSPS) is 15.2. The summed E-state index contributed by atoms with van der Waals surface area (Å²) in [4.78, 5) is 20.3. The van der Waals surface area contributed by atoms with Crippen molar-refractivity contribution in [3.05, 3.63) is 69.5 Å². The second kappa shape index (κ2) is 8.24. The molecule has 3 aromatic rings. The van der Waals surface area contributed by atoms with E-state index in [0.29, 0.717) is 22.4 Å². The van der Waals surface area contributed by atoms with Crippen molar-refractivity contribution in [1.29, 1.82) is 0 Å². The summed E-state index contributed by atoms with van der Waals surface area (Å²) in [6, 6.07) is 14.4. The fraction of sp³-hybridized carbons (Fsp3) is 0.333. The van der Waals surface area contributed by atoms with E-state index in [4.69, 9.17) is 12.2 Å². The smallest absolute Gasteiger partial charge is 0.262 e. The van der Waals surface area contributed by atoms with Crippen molar-refractivity contribution in [2.45, 2.75) is 13.0 Å². The van der Waals surface area contributed by atoms with Gasteiger partial charge < -0.3 is 9.88 Å². The molecule has 0 aliphatic carbocycles. The van der Waals surface area contributed by atoms with Crippen LogP contribution in [0, 0.1) is 10.6 Å². The minimum atomic E-state index is -0.166. The summed E-state index contributed by atoms with van der Waals surface area (Å²) >= 11 is 5.37. The number of halogens is 1. The number of hydrogen-bond acceptors (Lipinski definition) is 4. The Labute approximate surface area is 168 Å². The minimum Gasteiger partial charge on any atom is -0.367 e. The van der Waals surface area contributed by atoms with Crippen molar-refractivity contribution < 1.29 is 4.39 Å². The van der Waals surface area contributed by atoms with Gasteiger partial charge in [-0.2, -0.15) is 0 Å². The monoisotopic (exact) mass is 398 g/mol. The van der Waals surface area contributed by atoms with Gasteiger partial charge in [0, 0.05) is 32.7 Å². The summed E-state index contributed by atoms with van der Waals surface area (Å²) < 4.78 is 16.1. The van der Waals surface area contributed by atoms with Gasteiger partial charge in [-0.1, -0.05) is 24.3 Å². The van der Waals surface area contributed by atoms with E-state index >= 15 is 0 Å². The van der Waals surface area contributed by atoms with Crippen LogP contribution in [0.25, 0.3) is 10.9 Å². The number of nitrogens with zero attached hydrogens (tertiary/aromatic N) is 3. The fourth-order valence-corrected chi connectivity index (χ4v) is 4.06. The molecule has 7 heteroatoms. The molecule has 2 heterocycles. The van der Waals surface area contributed by atoms with Gasteiger partial charge in [0.15, 0.2) is 4.77 Å². The number of rotatable bonds is 5. The lowest BCUT2D eigenvalue weighted by molar-refractivity contribution is 0.249. The molecule has 1 aromatic heterocycles. The molecule has 5 nitrogen and oxygen atoms in total. The largest absolute Gasteiger partial charge is 0.367 e. The van der Waals surface area contributed by atoms with E-state index in [1.165, 1.54) is 6.07 Å².